The quantitative estimate of drug-likeness (QED) is 0.131. The van der Waals surface area contributed by atoms with Crippen molar-refractivity contribution in [3.8, 4) is 11.5 Å². The largest absolute Gasteiger partial charge is 0.626 e. The number of rotatable bonds is 5. The number of hydrazine groups is 1. The monoisotopic (exact) mass is 487 g/mol. The highest BCUT2D eigenvalue weighted by molar-refractivity contribution is 7.88. The molecule has 3 rings (SSSR count). The van der Waals surface area contributed by atoms with Gasteiger partial charge in [0.05, 0.1) is 17.7 Å². The molecule has 0 saturated carbocycles. The smallest absolute Gasteiger partial charge is 0.487 e. The van der Waals surface area contributed by atoms with Gasteiger partial charge in [-0.15, -0.1) is 0 Å². The zero-order valence-electron chi connectivity index (χ0n) is 18.0. The van der Waals surface area contributed by atoms with Crippen LogP contribution in [-0.2, 0) is 21.3 Å². The van der Waals surface area contributed by atoms with Crippen molar-refractivity contribution in [1.29, 1.82) is 0 Å². The number of halogens is 3. The highest BCUT2D eigenvalue weighted by Gasteiger charge is 2.48. The maximum Gasteiger partial charge on any atom is 0.626 e. The molecular formula is C21H22F3N2O6S+. The van der Waals surface area contributed by atoms with Crippen LogP contribution in [-0.4, -0.2) is 42.6 Å². The number of benzene rings is 2. The molecule has 1 heterocycles. The van der Waals surface area contributed by atoms with Gasteiger partial charge in [-0.3, -0.25) is 0 Å². The summed E-state index contributed by atoms with van der Waals surface area (Å²) in [6.45, 7) is 5.53. The predicted molar refractivity (Wildman–Crippen MR) is 112 cm³/mol. The second kappa shape index (κ2) is 8.58. The first-order valence-corrected chi connectivity index (χ1v) is 11.2. The fraction of sp³-hybridized carbons (Fsp3) is 0.333. The minimum atomic E-state index is -5.82. The summed E-state index contributed by atoms with van der Waals surface area (Å²) >= 11 is 0. The van der Waals surface area contributed by atoms with Crippen molar-refractivity contribution in [1.82, 2.24) is 0 Å². The highest BCUT2D eigenvalue weighted by atomic mass is 32.2. The third-order valence-electron chi connectivity index (χ3n) is 4.66. The molecule has 2 N–H and O–H groups in total. The Hall–Kier alpha value is -3.28. The number of hydrogen-bond acceptors (Lipinski definition) is 7. The number of hydrazone groups is 1. The predicted octanol–water partition coefficient (Wildman–Crippen LogP) is 3.51. The molecule has 178 valence electrons. The van der Waals surface area contributed by atoms with Crippen molar-refractivity contribution in [2.24, 2.45) is 5.84 Å². The Bertz CT molecular complexity index is 1210. The lowest BCUT2D eigenvalue weighted by atomic mass is 9.96. The van der Waals surface area contributed by atoms with Crippen molar-refractivity contribution >= 4 is 21.9 Å². The van der Waals surface area contributed by atoms with Crippen LogP contribution < -0.4 is 14.8 Å². The van der Waals surface area contributed by atoms with Crippen LogP contribution in [0.2, 0.25) is 0 Å². The average molecular weight is 487 g/mol. The summed E-state index contributed by atoms with van der Waals surface area (Å²) in [4.78, 5) is 12.3. The third-order valence-corrected chi connectivity index (χ3v) is 5.64. The number of nitrogens with zero attached hydrogens (tertiary/aromatic N) is 1. The highest BCUT2D eigenvalue weighted by Crippen LogP contribution is 2.35. The van der Waals surface area contributed by atoms with Crippen LogP contribution in [0.1, 0.15) is 37.5 Å². The third kappa shape index (κ3) is 5.21. The van der Waals surface area contributed by atoms with E-state index in [9.17, 15) is 26.4 Å². The van der Waals surface area contributed by atoms with Gasteiger partial charge in [0.25, 0.3) is 5.71 Å². The summed E-state index contributed by atoms with van der Waals surface area (Å²) in [6, 6.07) is 9.80. The first-order chi connectivity index (χ1) is 15.2. The lowest BCUT2D eigenvalue weighted by Crippen LogP contribution is -2.35. The maximum absolute atomic E-state index is 12.6. The standard InChI is InChI=1S/C21H22F3N2O6S/c1-4-30-19(27)26(25)18(14-7-10-17-15(11-14)12-20(2,3)31-17)13-5-8-16(9-6-13)32-33(28,29)21(22,23)24/h5-11H,4,12,25H2,1-3H3/q+1. The first-order valence-electron chi connectivity index (χ1n) is 9.76. The van der Waals surface area contributed by atoms with E-state index in [1.807, 2.05) is 13.8 Å². The number of fused-ring (bicyclic) bond motifs is 1. The van der Waals surface area contributed by atoms with E-state index in [0.717, 1.165) is 22.4 Å². The van der Waals surface area contributed by atoms with Crippen molar-refractivity contribution in [3.63, 3.8) is 0 Å². The van der Waals surface area contributed by atoms with E-state index in [1.165, 1.54) is 12.1 Å². The number of ether oxygens (including phenoxy) is 2. The van der Waals surface area contributed by atoms with E-state index in [-0.39, 0.29) is 12.3 Å². The fourth-order valence-electron chi connectivity index (χ4n) is 3.33. The number of carbonyl (C=O) groups excluding carboxylic acids is 1. The topological polar surface area (TPSA) is 108 Å². The molecule has 2 aromatic carbocycles. The molecule has 1 amide bonds. The molecule has 0 saturated heterocycles. The number of alkyl halides is 3. The Labute approximate surface area is 188 Å². The van der Waals surface area contributed by atoms with E-state index in [4.69, 9.17) is 15.3 Å². The normalized spacial score (nSPS) is 15.8. The van der Waals surface area contributed by atoms with Crippen molar-refractivity contribution in [2.45, 2.75) is 38.3 Å². The molecule has 0 unspecified atom stereocenters. The fourth-order valence-corrected chi connectivity index (χ4v) is 3.79. The summed E-state index contributed by atoms with van der Waals surface area (Å²) in [5, 5.41) is 0. The minimum absolute atomic E-state index is 0.0636. The lowest BCUT2D eigenvalue weighted by Gasteiger charge is -2.16. The van der Waals surface area contributed by atoms with Gasteiger partial charge in [0.1, 0.15) is 17.1 Å². The Morgan fingerprint density at radius 1 is 1.15 bits per heavy atom. The van der Waals surface area contributed by atoms with Crippen LogP contribution in [0.5, 0.6) is 11.5 Å². The summed E-state index contributed by atoms with van der Waals surface area (Å²) in [7, 11) is -5.82. The maximum atomic E-state index is 12.6. The molecule has 8 nitrogen and oxygen atoms in total. The minimum Gasteiger partial charge on any atom is -0.487 e. The Balaban J connectivity index is 2.04. The van der Waals surface area contributed by atoms with Crippen molar-refractivity contribution in [2.75, 3.05) is 6.61 Å². The molecule has 0 radical (unpaired) electrons. The van der Waals surface area contributed by atoms with Crippen LogP contribution in [0.3, 0.4) is 0 Å². The second-order valence-electron chi connectivity index (χ2n) is 7.79. The second-order valence-corrected chi connectivity index (χ2v) is 9.32. The molecule has 1 aliphatic heterocycles. The summed E-state index contributed by atoms with van der Waals surface area (Å²) in [5.41, 5.74) is -4.09. The van der Waals surface area contributed by atoms with E-state index < -0.39 is 33.1 Å². The van der Waals surface area contributed by atoms with Crippen LogP contribution in [0.15, 0.2) is 42.5 Å². The molecule has 0 aliphatic carbocycles. The summed E-state index contributed by atoms with van der Waals surface area (Å²) in [5.74, 6) is 6.15. The van der Waals surface area contributed by atoms with Gasteiger partial charge in [-0.2, -0.15) is 32.2 Å². The van der Waals surface area contributed by atoms with E-state index in [2.05, 4.69) is 4.18 Å². The van der Waals surface area contributed by atoms with E-state index >= 15 is 0 Å². The van der Waals surface area contributed by atoms with Gasteiger partial charge in [-0.25, -0.2) is 0 Å². The molecular weight excluding hydrogens is 465 g/mol. The van der Waals surface area contributed by atoms with Crippen LogP contribution in [0, 0.1) is 0 Å². The molecule has 0 spiro atoms. The van der Waals surface area contributed by atoms with Crippen LogP contribution >= 0.6 is 0 Å². The molecule has 1 aliphatic rings. The van der Waals surface area contributed by atoms with Gasteiger partial charge in [0.2, 0.25) is 0 Å². The summed E-state index contributed by atoms with van der Waals surface area (Å²) in [6.07, 6.45) is -0.250. The van der Waals surface area contributed by atoms with Crippen molar-refractivity contribution in [3.05, 3.63) is 59.2 Å². The molecule has 0 aromatic heterocycles. The lowest BCUT2D eigenvalue weighted by molar-refractivity contribution is -0.456. The first kappa shape index (κ1) is 24.4. The van der Waals surface area contributed by atoms with Gasteiger partial charge in [-0.05, 0) is 73.5 Å². The Kier molecular flexibility index (Phi) is 6.33. The van der Waals surface area contributed by atoms with Crippen molar-refractivity contribution < 1.29 is 44.7 Å². The van der Waals surface area contributed by atoms with Gasteiger partial charge in [0.15, 0.2) is 0 Å². The van der Waals surface area contributed by atoms with E-state index in [1.54, 1.807) is 25.1 Å². The summed E-state index contributed by atoms with van der Waals surface area (Å²) < 4.78 is 75.9. The molecule has 12 heteroatoms. The molecule has 0 bridgehead atoms. The van der Waals surface area contributed by atoms with Gasteiger partial charge < -0.3 is 13.7 Å². The van der Waals surface area contributed by atoms with Gasteiger partial charge in [0, 0.05) is 6.42 Å². The number of amides is 1. The van der Waals surface area contributed by atoms with Crippen LogP contribution in [0.4, 0.5) is 18.0 Å². The average Bonchev–Trinajstić information content (AvgIpc) is 3.01. The molecule has 33 heavy (non-hydrogen) atoms. The Morgan fingerprint density at radius 2 is 1.76 bits per heavy atom. The SMILES string of the molecule is CCOC(=O)[N+](N)=C(c1ccc(OS(=O)(=O)C(F)(F)F)cc1)c1ccc2c(c1)CC(C)(C)O2. The van der Waals surface area contributed by atoms with Gasteiger partial charge >= 0.3 is 21.7 Å². The molecule has 0 fully saturated rings. The zero-order chi connectivity index (χ0) is 24.6. The number of hydrogen-bond donors (Lipinski definition) is 1. The molecule has 0 atom stereocenters. The number of carbonyl (C=O) groups is 1. The van der Waals surface area contributed by atoms with Gasteiger partial charge in [-0.1, -0.05) is 0 Å². The number of nitrogens with two attached hydrogens (primary N) is 1. The van der Waals surface area contributed by atoms with Crippen LogP contribution in [0.25, 0.3) is 0 Å². The zero-order valence-corrected chi connectivity index (χ0v) is 18.8. The molecule has 2 aromatic rings. The van der Waals surface area contributed by atoms with E-state index in [0.29, 0.717) is 23.3 Å². The Morgan fingerprint density at radius 3 is 2.33 bits per heavy atom.